The van der Waals surface area contributed by atoms with Crippen molar-refractivity contribution in [3.63, 3.8) is 0 Å². The average Bonchev–Trinajstić information content (AvgIpc) is 3.17. The summed E-state index contributed by atoms with van der Waals surface area (Å²) in [5, 5.41) is 3.68. The van der Waals surface area contributed by atoms with Crippen molar-refractivity contribution in [3.8, 4) is 0 Å². The van der Waals surface area contributed by atoms with Gasteiger partial charge in [0.15, 0.2) is 0 Å². The summed E-state index contributed by atoms with van der Waals surface area (Å²) in [6.07, 6.45) is 4.34. The first-order valence-corrected chi connectivity index (χ1v) is 10.0. The number of nitrogens with zero attached hydrogens (tertiary/aromatic N) is 2. The molecule has 25 heavy (non-hydrogen) atoms. The van der Waals surface area contributed by atoms with Crippen LogP contribution in [0, 0.1) is 0 Å². The van der Waals surface area contributed by atoms with Gasteiger partial charge in [-0.1, -0.05) is 29.8 Å². The van der Waals surface area contributed by atoms with Crippen molar-refractivity contribution in [3.05, 3.63) is 58.7 Å². The van der Waals surface area contributed by atoms with E-state index in [1.165, 1.54) is 18.4 Å². The lowest BCUT2D eigenvalue weighted by atomic mass is 10.2. The molecule has 1 saturated heterocycles. The molecule has 0 spiro atoms. The number of aromatic nitrogens is 1. The lowest BCUT2D eigenvalue weighted by Crippen LogP contribution is -2.25. The van der Waals surface area contributed by atoms with Gasteiger partial charge in [-0.25, -0.2) is 4.98 Å². The van der Waals surface area contributed by atoms with Crippen molar-refractivity contribution in [2.75, 3.05) is 23.7 Å². The van der Waals surface area contributed by atoms with Crippen LogP contribution in [0.5, 0.6) is 0 Å². The van der Waals surface area contributed by atoms with Gasteiger partial charge in [-0.05, 0) is 42.2 Å². The first-order valence-electron chi connectivity index (χ1n) is 8.49. The normalized spacial score (nSPS) is 13.9. The smallest absolute Gasteiger partial charge is 0.230 e. The molecule has 3 rings (SSSR count). The zero-order valence-electron chi connectivity index (χ0n) is 14.1. The second kappa shape index (κ2) is 9.11. The Bertz CT molecular complexity index is 685. The molecule has 1 fully saturated rings. The predicted octanol–water partition coefficient (Wildman–Crippen LogP) is 3.88. The van der Waals surface area contributed by atoms with Gasteiger partial charge in [0.1, 0.15) is 5.82 Å². The number of benzene rings is 1. The summed E-state index contributed by atoms with van der Waals surface area (Å²) < 4.78 is 0. The highest BCUT2D eigenvalue weighted by atomic mass is 35.5. The molecule has 132 valence electrons. The maximum absolute atomic E-state index is 12.0. The van der Waals surface area contributed by atoms with E-state index in [2.05, 4.69) is 15.2 Å². The first kappa shape index (κ1) is 18.1. The fourth-order valence-corrected chi connectivity index (χ4v) is 3.69. The van der Waals surface area contributed by atoms with Crippen LogP contribution in [-0.2, 0) is 17.1 Å². The minimum absolute atomic E-state index is 0.0441. The second-order valence-electron chi connectivity index (χ2n) is 6.11. The van der Waals surface area contributed by atoms with Crippen LogP contribution in [0.1, 0.15) is 24.0 Å². The Hall–Kier alpha value is -1.72. The Kier molecular flexibility index (Phi) is 6.59. The van der Waals surface area contributed by atoms with E-state index >= 15 is 0 Å². The Morgan fingerprint density at radius 3 is 2.52 bits per heavy atom. The predicted molar refractivity (Wildman–Crippen MR) is 105 cm³/mol. The van der Waals surface area contributed by atoms with Crippen LogP contribution in [0.3, 0.4) is 0 Å². The molecule has 0 aliphatic carbocycles. The summed E-state index contributed by atoms with van der Waals surface area (Å²) in [7, 11) is 0. The van der Waals surface area contributed by atoms with Crippen LogP contribution in [0.25, 0.3) is 0 Å². The van der Waals surface area contributed by atoms with Crippen LogP contribution < -0.4 is 10.2 Å². The van der Waals surface area contributed by atoms with Gasteiger partial charge in [0.05, 0.1) is 5.75 Å². The molecule has 0 bridgehead atoms. The minimum atomic E-state index is 0.0441. The number of halogens is 1. The minimum Gasteiger partial charge on any atom is -0.357 e. The number of hydrogen-bond acceptors (Lipinski definition) is 4. The summed E-state index contributed by atoms with van der Waals surface area (Å²) in [6, 6.07) is 11.8. The van der Waals surface area contributed by atoms with Crippen LogP contribution in [-0.4, -0.2) is 29.7 Å². The molecule has 0 radical (unpaired) electrons. The molecule has 6 heteroatoms. The highest BCUT2D eigenvalue weighted by Gasteiger charge is 2.13. The van der Waals surface area contributed by atoms with Crippen molar-refractivity contribution in [2.24, 2.45) is 0 Å². The number of pyridine rings is 1. The number of rotatable bonds is 7. The second-order valence-corrected chi connectivity index (χ2v) is 7.54. The Morgan fingerprint density at radius 2 is 1.84 bits per heavy atom. The van der Waals surface area contributed by atoms with Crippen LogP contribution >= 0.6 is 23.4 Å². The third-order valence-electron chi connectivity index (χ3n) is 4.14. The van der Waals surface area contributed by atoms with Gasteiger partial charge in [-0.15, -0.1) is 11.8 Å². The average molecular weight is 376 g/mol. The number of hydrogen-bond donors (Lipinski definition) is 1. The van der Waals surface area contributed by atoms with Gasteiger partial charge < -0.3 is 10.2 Å². The molecule has 1 amide bonds. The standard InChI is InChI=1S/C19H22ClN3OS/c20-17-6-3-15(4-7-17)13-25-14-19(24)22-12-16-5-8-18(21-11-16)23-9-1-2-10-23/h3-8,11H,1-2,9-10,12-14H2,(H,22,24). The van der Waals surface area contributed by atoms with Crippen LogP contribution in [0.2, 0.25) is 5.02 Å². The molecule has 1 aromatic heterocycles. The van der Waals surface area contributed by atoms with Gasteiger partial charge >= 0.3 is 0 Å². The molecule has 1 aromatic carbocycles. The van der Waals surface area contributed by atoms with E-state index in [9.17, 15) is 4.79 Å². The fourth-order valence-electron chi connectivity index (χ4n) is 2.75. The van der Waals surface area contributed by atoms with E-state index in [-0.39, 0.29) is 5.91 Å². The molecule has 2 heterocycles. The zero-order valence-corrected chi connectivity index (χ0v) is 15.7. The van der Waals surface area contributed by atoms with Crippen molar-refractivity contribution in [1.82, 2.24) is 10.3 Å². The molecule has 2 aromatic rings. The van der Waals surface area contributed by atoms with Crippen LogP contribution in [0.15, 0.2) is 42.6 Å². The summed E-state index contributed by atoms with van der Waals surface area (Å²) in [5.41, 5.74) is 2.20. The van der Waals surface area contributed by atoms with Gasteiger partial charge in [0.25, 0.3) is 0 Å². The van der Waals surface area contributed by atoms with Gasteiger partial charge in [0, 0.05) is 36.6 Å². The third kappa shape index (κ3) is 5.65. The van der Waals surface area contributed by atoms with E-state index in [1.54, 1.807) is 11.8 Å². The molecular formula is C19H22ClN3OS. The number of carbonyl (C=O) groups is 1. The van der Waals surface area contributed by atoms with Crippen molar-refractivity contribution in [1.29, 1.82) is 0 Å². The molecule has 0 saturated carbocycles. The highest BCUT2D eigenvalue weighted by Crippen LogP contribution is 2.18. The van der Waals surface area contributed by atoms with E-state index < -0.39 is 0 Å². The number of amides is 1. The summed E-state index contributed by atoms with van der Waals surface area (Å²) in [6.45, 7) is 2.70. The van der Waals surface area contributed by atoms with E-state index in [1.807, 2.05) is 42.6 Å². The number of carbonyl (C=O) groups excluding carboxylic acids is 1. The monoisotopic (exact) mass is 375 g/mol. The first-order chi connectivity index (χ1) is 12.2. The molecule has 0 atom stereocenters. The largest absolute Gasteiger partial charge is 0.357 e. The Labute approximate surface area is 158 Å². The number of thioether (sulfide) groups is 1. The van der Waals surface area contributed by atoms with Crippen molar-refractivity contribution < 1.29 is 4.79 Å². The lowest BCUT2D eigenvalue weighted by molar-refractivity contribution is -0.118. The number of nitrogens with one attached hydrogen (secondary N) is 1. The fraction of sp³-hybridized carbons (Fsp3) is 0.368. The van der Waals surface area contributed by atoms with Gasteiger partial charge in [-0.3, -0.25) is 4.79 Å². The van der Waals surface area contributed by atoms with Crippen molar-refractivity contribution in [2.45, 2.75) is 25.1 Å². The van der Waals surface area contributed by atoms with E-state index in [4.69, 9.17) is 11.6 Å². The Balaban J connectivity index is 1.37. The van der Waals surface area contributed by atoms with E-state index in [0.717, 1.165) is 35.2 Å². The maximum atomic E-state index is 12.0. The Morgan fingerprint density at radius 1 is 1.12 bits per heavy atom. The van der Waals surface area contributed by atoms with E-state index in [0.29, 0.717) is 12.3 Å². The van der Waals surface area contributed by atoms with Crippen LogP contribution in [0.4, 0.5) is 5.82 Å². The number of anilines is 1. The quantitative estimate of drug-likeness (QED) is 0.797. The summed E-state index contributed by atoms with van der Waals surface area (Å²) in [5.74, 6) is 2.33. The van der Waals surface area contributed by atoms with Gasteiger partial charge in [-0.2, -0.15) is 0 Å². The highest BCUT2D eigenvalue weighted by molar-refractivity contribution is 7.99. The van der Waals surface area contributed by atoms with Crippen molar-refractivity contribution >= 4 is 35.1 Å². The van der Waals surface area contributed by atoms with Gasteiger partial charge in [0.2, 0.25) is 5.91 Å². The SMILES string of the molecule is O=C(CSCc1ccc(Cl)cc1)NCc1ccc(N2CCCC2)nc1. The molecule has 0 unspecified atom stereocenters. The third-order valence-corrected chi connectivity index (χ3v) is 5.40. The molecule has 4 nitrogen and oxygen atoms in total. The summed E-state index contributed by atoms with van der Waals surface area (Å²) >= 11 is 7.46. The molecule has 1 N–H and O–H groups in total. The maximum Gasteiger partial charge on any atom is 0.230 e. The lowest BCUT2D eigenvalue weighted by Gasteiger charge is -2.16. The summed E-state index contributed by atoms with van der Waals surface area (Å²) in [4.78, 5) is 18.8. The topological polar surface area (TPSA) is 45.2 Å². The molecule has 1 aliphatic rings. The molecule has 1 aliphatic heterocycles. The zero-order chi connectivity index (χ0) is 17.5. The molecular weight excluding hydrogens is 354 g/mol.